The minimum Gasteiger partial charge on any atom is -0.365 e. The van der Waals surface area contributed by atoms with Gasteiger partial charge in [-0.15, -0.1) is 0 Å². The second kappa shape index (κ2) is 4.62. The maximum Gasteiger partial charge on any atom is 0.211 e. The second-order valence-electron chi connectivity index (χ2n) is 4.32. The molecule has 0 saturated carbocycles. The van der Waals surface area contributed by atoms with Gasteiger partial charge in [0.2, 0.25) is 10.0 Å². The van der Waals surface area contributed by atoms with Crippen molar-refractivity contribution in [2.75, 3.05) is 24.7 Å². The first-order valence-corrected chi connectivity index (χ1v) is 7.50. The average molecular weight is 255 g/mol. The number of anilines is 1. The zero-order chi connectivity index (χ0) is 12.5. The predicted octanol–water partition coefficient (Wildman–Crippen LogP) is 0.700. The van der Waals surface area contributed by atoms with Gasteiger partial charge in [-0.25, -0.2) is 13.4 Å². The van der Waals surface area contributed by atoms with Gasteiger partial charge in [-0.1, -0.05) is 6.92 Å². The molecule has 0 aromatic carbocycles. The molecule has 1 aromatic rings. The van der Waals surface area contributed by atoms with Crippen molar-refractivity contribution in [3.63, 3.8) is 0 Å². The number of aromatic nitrogens is 1. The van der Waals surface area contributed by atoms with Crippen molar-refractivity contribution in [1.29, 1.82) is 0 Å². The Morgan fingerprint density at radius 1 is 1.53 bits per heavy atom. The molecule has 1 saturated heterocycles. The van der Waals surface area contributed by atoms with Gasteiger partial charge in [0.15, 0.2) is 0 Å². The van der Waals surface area contributed by atoms with E-state index in [1.807, 2.05) is 12.1 Å². The standard InChI is InChI=1S/C11H17N3O2S/c1-3-9-4-5-12-11(6-9)13-10-7-14(8-10)17(2,15)16/h4-6,10H,3,7-8H2,1-2H3,(H,12,13). The first kappa shape index (κ1) is 12.3. The van der Waals surface area contributed by atoms with Gasteiger partial charge in [0.25, 0.3) is 0 Å². The van der Waals surface area contributed by atoms with Crippen LogP contribution in [-0.2, 0) is 16.4 Å². The monoisotopic (exact) mass is 255 g/mol. The van der Waals surface area contributed by atoms with E-state index in [-0.39, 0.29) is 6.04 Å². The Labute approximate surface area is 102 Å². The fraction of sp³-hybridized carbons (Fsp3) is 0.545. The molecule has 94 valence electrons. The predicted molar refractivity (Wildman–Crippen MR) is 67.4 cm³/mol. The highest BCUT2D eigenvalue weighted by Gasteiger charge is 2.33. The Kier molecular flexibility index (Phi) is 3.35. The van der Waals surface area contributed by atoms with Crippen molar-refractivity contribution in [2.24, 2.45) is 0 Å². The van der Waals surface area contributed by atoms with Crippen LogP contribution in [0.4, 0.5) is 5.82 Å². The average Bonchev–Trinajstić information content (AvgIpc) is 2.21. The van der Waals surface area contributed by atoms with Gasteiger partial charge in [0.1, 0.15) is 5.82 Å². The summed E-state index contributed by atoms with van der Waals surface area (Å²) in [6.07, 6.45) is 3.98. The summed E-state index contributed by atoms with van der Waals surface area (Å²) in [6.45, 7) is 3.14. The maximum absolute atomic E-state index is 11.2. The van der Waals surface area contributed by atoms with Crippen molar-refractivity contribution in [2.45, 2.75) is 19.4 Å². The van der Waals surface area contributed by atoms with E-state index in [0.29, 0.717) is 13.1 Å². The van der Waals surface area contributed by atoms with Crippen LogP contribution < -0.4 is 5.32 Å². The van der Waals surface area contributed by atoms with Crippen molar-refractivity contribution in [1.82, 2.24) is 9.29 Å². The van der Waals surface area contributed by atoms with Gasteiger partial charge in [0, 0.05) is 19.3 Å². The van der Waals surface area contributed by atoms with E-state index in [9.17, 15) is 8.42 Å². The van der Waals surface area contributed by atoms with E-state index >= 15 is 0 Å². The molecule has 5 nitrogen and oxygen atoms in total. The Bertz CT molecular complexity index is 495. The highest BCUT2D eigenvalue weighted by molar-refractivity contribution is 7.88. The Morgan fingerprint density at radius 3 is 2.82 bits per heavy atom. The largest absolute Gasteiger partial charge is 0.365 e. The van der Waals surface area contributed by atoms with E-state index in [4.69, 9.17) is 0 Å². The number of rotatable bonds is 4. The van der Waals surface area contributed by atoms with Crippen molar-refractivity contribution >= 4 is 15.8 Å². The van der Waals surface area contributed by atoms with Gasteiger partial charge in [-0.05, 0) is 24.1 Å². The molecule has 0 atom stereocenters. The molecule has 0 unspecified atom stereocenters. The molecule has 1 N–H and O–H groups in total. The summed E-state index contributed by atoms with van der Waals surface area (Å²) in [6, 6.07) is 4.15. The fourth-order valence-corrected chi connectivity index (χ4v) is 2.68. The number of hydrogen-bond donors (Lipinski definition) is 1. The van der Waals surface area contributed by atoms with Gasteiger partial charge in [-0.2, -0.15) is 4.31 Å². The van der Waals surface area contributed by atoms with Crippen LogP contribution in [-0.4, -0.2) is 43.1 Å². The fourth-order valence-electron chi connectivity index (χ4n) is 1.78. The molecule has 1 aliphatic heterocycles. The summed E-state index contributed by atoms with van der Waals surface area (Å²) in [5, 5.41) is 3.24. The molecule has 0 aliphatic carbocycles. The molecule has 0 amide bonds. The topological polar surface area (TPSA) is 62.3 Å². The third-order valence-electron chi connectivity index (χ3n) is 2.90. The van der Waals surface area contributed by atoms with Gasteiger partial charge in [-0.3, -0.25) is 0 Å². The van der Waals surface area contributed by atoms with Crippen LogP contribution in [0.1, 0.15) is 12.5 Å². The van der Waals surface area contributed by atoms with E-state index in [0.717, 1.165) is 12.2 Å². The van der Waals surface area contributed by atoms with Crippen LogP contribution in [0.25, 0.3) is 0 Å². The number of nitrogens with one attached hydrogen (secondary N) is 1. The van der Waals surface area contributed by atoms with Crippen LogP contribution in [0.3, 0.4) is 0 Å². The highest BCUT2D eigenvalue weighted by Crippen LogP contribution is 2.17. The first-order valence-electron chi connectivity index (χ1n) is 5.65. The van der Waals surface area contributed by atoms with Gasteiger partial charge >= 0.3 is 0 Å². The van der Waals surface area contributed by atoms with Crippen molar-refractivity contribution in [3.05, 3.63) is 23.9 Å². The summed E-state index contributed by atoms with van der Waals surface area (Å²) in [7, 11) is -3.03. The number of aryl methyl sites for hydroxylation is 1. The quantitative estimate of drug-likeness (QED) is 0.860. The van der Waals surface area contributed by atoms with Crippen LogP contribution in [0.15, 0.2) is 18.3 Å². The number of nitrogens with zero attached hydrogens (tertiary/aromatic N) is 2. The van der Waals surface area contributed by atoms with Crippen molar-refractivity contribution < 1.29 is 8.42 Å². The number of hydrogen-bond acceptors (Lipinski definition) is 4. The molecule has 6 heteroatoms. The van der Waals surface area contributed by atoms with E-state index in [1.54, 1.807) is 6.20 Å². The molecule has 0 bridgehead atoms. The lowest BCUT2D eigenvalue weighted by Gasteiger charge is -2.37. The summed E-state index contributed by atoms with van der Waals surface area (Å²) in [5.41, 5.74) is 1.22. The van der Waals surface area contributed by atoms with Gasteiger partial charge in [0.05, 0.1) is 12.3 Å². The minimum atomic E-state index is -3.03. The molecule has 2 heterocycles. The minimum absolute atomic E-state index is 0.171. The zero-order valence-corrected chi connectivity index (χ0v) is 10.9. The van der Waals surface area contributed by atoms with Crippen LogP contribution in [0, 0.1) is 0 Å². The molecule has 0 spiro atoms. The summed E-state index contributed by atoms with van der Waals surface area (Å²) in [4.78, 5) is 4.22. The normalized spacial score (nSPS) is 17.8. The molecule has 17 heavy (non-hydrogen) atoms. The Hall–Kier alpha value is -1.14. The van der Waals surface area contributed by atoms with Crippen LogP contribution in [0.5, 0.6) is 0 Å². The second-order valence-corrected chi connectivity index (χ2v) is 6.31. The van der Waals surface area contributed by atoms with Crippen LogP contribution >= 0.6 is 0 Å². The third kappa shape index (κ3) is 2.95. The van der Waals surface area contributed by atoms with Gasteiger partial charge < -0.3 is 5.32 Å². The zero-order valence-electron chi connectivity index (χ0n) is 10.0. The van der Waals surface area contributed by atoms with E-state index in [1.165, 1.54) is 16.1 Å². The lowest BCUT2D eigenvalue weighted by Crippen LogP contribution is -2.56. The SMILES string of the molecule is CCc1ccnc(NC2CN(S(C)(=O)=O)C2)c1. The summed E-state index contributed by atoms with van der Waals surface area (Å²) >= 11 is 0. The molecular formula is C11H17N3O2S. The summed E-state index contributed by atoms with van der Waals surface area (Å²) in [5.74, 6) is 0.822. The van der Waals surface area contributed by atoms with Crippen LogP contribution in [0.2, 0.25) is 0 Å². The first-order chi connectivity index (χ1) is 7.99. The Balaban J connectivity index is 1.92. The third-order valence-corrected chi connectivity index (χ3v) is 4.14. The molecule has 2 rings (SSSR count). The maximum atomic E-state index is 11.2. The smallest absolute Gasteiger partial charge is 0.211 e. The lowest BCUT2D eigenvalue weighted by atomic mass is 10.1. The molecule has 1 aromatic heterocycles. The molecule has 0 radical (unpaired) electrons. The highest BCUT2D eigenvalue weighted by atomic mass is 32.2. The summed E-state index contributed by atoms with van der Waals surface area (Å²) < 4.78 is 23.8. The van der Waals surface area contributed by atoms with Crippen molar-refractivity contribution in [3.8, 4) is 0 Å². The van der Waals surface area contributed by atoms with E-state index in [2.05, 4.69) is 17.2 Å². The molecule has 1 fully saturated rings. The Morgan fingerprint density at radius 2 is 2.24 bits per heavy atom. The van der Waals surface area contributed by atoms with E-state index < -0.39 is 10.0 Å². The lowest BCUT2D eigenvalue weighted by molar-refractivity contribution is 0.282. The molecule has 1 aliphatic rings. The number of pyridine rings is 1. The molecular weight excluding hydrogens is 238 g/mol. The number of sulfonamides is 1.